The highest BCUT2D eigenvalue weighted by Gasteiger charge is 2.28. The molecular weight excluding hydrogens is 156 g/mol. The second kappa shape index (κ2) is 3.87. The lowest BCUT2D eigenvalue weighted by Crippen LogP contribution is -2.57. The van der Waals surface area contributed by atoms with Gasteiger partial charge in [-0.25, -0.2) is 0 Å². The molecule has 4 heteroatoms. The van der Waals surface area contributed by atoms with Crippen LogP contribution in [0, 0.1) is 0 Å². The fourth-order valence-corrected chi connectivity index (χ4v) is 1.57. The van der Waals surface area contributed by atoms with E-state index in [1.54, 1.807) is 11.9 Å². The highest BCUT2D eigenvalue weighted by Crippen LogP contribution is 2.06. The molecule has 1 rings (SSSR count). The van der Waals surface area contributed by atoms with Crippen LogP contribution in [0.5, 0.6) is 0 Å². The summed E-state index contributed by atoms with van der Waals surface area (Å²) in [5.74, 6) is 0.0853. The summed E-state index contributed by atoms with van der Waals surface area (Å²) in [5, 5.41) is 11.8. The molecule has 0 aromatic heterocycles. The van der Waals surface area contributed by atoms with E-state index in [2.05, 4.69) is 5.32 Å². The third-order valence-corrected chi connectivity index (χ3v) is 2.13. The van der Waals surface area contributed by atoms with Gasteiger partial charge in [-0.2, -0.15) is 0 Å². The first-order valence-corrected chi connectivity index (χ1v) is 4.27. The van der Waals surface area contributed by atoms with Gasteiger partial charge in [-0.15, -0.1) is 0 Å². The summed E-state index contributed by atoms with van der Waals surface area (Å²) in [7, 11) is 1.80. The van der Waals surface area contributed by atoms with Crippen LogP contribution >= 0.6 is 0 Å². The number of amides is 1. The number of carbonyl (C=O) groups excluding carboxylic acids is 1. The molecule has 0 bridgehead atoms. The summed E-state index contributed by atoms with van der Waals surface area (Å²) in [5.41, 5.74) is 0. The van der Waals surface area contributed by atoms with Crippen molar-refractivity contribution in [2.75, 3.05) is 20.2 Å². The Kier molecular flexibility index (Phi) is 3.05. The van der Waals surface area contributed by atoms with Crippen molar-refractivity contribution in [2.45, 2.75) is 25.4 Å². The first-order chi connectivity index (χ1) is 5.65. The van der Waals surface area contributed by atoms with Crippen LogP contribution in [0.15, 0.2) is 0 Å². The van der Waals surface area contributed by atoms with E-state index in [1.807, 2.05) is 6.92 Å². The topological polar surface area (TPSA) is 52.6 Å². The third-order valence-electron chi connectivity index (χ3n) is 2.13. The molecule has 0 spiro atoms. The first-order valence-electron chi connectivity index (χ1n) is 4.27. The average Bonchev–Trinajstić information content (AvgIpc) is 2.00. The van der Waals surface area contributed by atoms with Crippen LogP contribution in [0.3, 0.4) is 0 Å². The van der Waals surface area contributed by atoms with Crippen molar-refractivity contribution in [3.05, 3.63) is 0 Å². The predicted octanol–water partition coefficient (Wildman–Crippen LogP) is -0.812. The maximum atomic E-state index is 11.4. The standard InChI is InChI=1S/C8H16N2O2/c1-6-5-10(2)8(12)7(9-6)3-4-11/h6-7,9,11H,3-5H2,1-2H3. The van der Waals surface area contributed by atoms with Crippen molar-refractivity contribution in [3.8, 4) is 0 Å². The lowest BCUT2D eigenvalue weighted by atomic mass is 10.1. The summed E-state index contributed by atoms with van der Waals surface area (Å²) in [6.07, 6.45) is 0.507. The van der Waals surface area contributed by atoms with Crippen LogP contribution in [0.4, 0.5) is 0 Å². The molecule has 0 aromatic rings. The number of hydrogen-bond donors (Lipinski definition) is 2. The van der Waals surface area contributed by atoms with E-state index in [0.29, 0.717) is 12.5 Å². The second-order valence-electron chi connectivity index (χ2n) is 3.35. The van der Waals surface area contributed by atoms with Gasteiger partial charge in [-0.1, -0.05) is 0 Å². The summed E-state index contributed by atoms with van der Waals surface area (Å²) in [6.45, 7) is 2.85. The number of carbonyl (C=O) groups is 1. The molecule has 12 heavy (non-hydrogen) atoms. The fourth-order valence-electron chi connectivity index (χ4n) is 1.57. The number of aliphatic hydroxyl groups excluding tert-OH is 1. The van der Waals surface area contributed by atoms with E-state index in [0.717, 1.165) is 6.54 Å². The van der Waals surface area contributed by atoms with Crippen LogP contribution in [0.1, 0.15) is 13.3 Å². The van der Waals surface area contributed by atoms with Gasteiger partial charge in [-0.3, -0.25) is 4.79 Å². The zero-order valence-electron chi connectivity index (χ0n) is 7.58. The zero-order chi connectivity index (χ0) is 9.14. The molecule has 0 aromatic carbocycles. The van der Waals surface area contributed by atoms with Crippen molar-refractivity contribution in [3.63, 3.8) is 0 Å². The number of likely N-dealkylation sites (N-methyl/N-ethyl adjacent to an activating group) is 1. The largest absolute Gasteiger partial charge is 0.396 e. The lowest BCUT2D eigenvalue weighted by molar-refractivity contribution is -0.135. The third kappa shape index (κ3) is 1.95. The maximum absolute atomic E-state index is 11.4. The van der Waals surface area contributed by atoms with Crippen molar-refractivity contribution in [1.82, 2.24) is 10.2 Å². The smallest absolute Gasteiger partial charge is 0.239 e. The van der Waals surface area contributed by atoms with Gasteiger partial charge in [-0.05, 0) is 13.3 Å². The molecule has 1 aliphatic rings. The number of piperazine rings is 1. The molecule has 2 atom stereocenters. The Morgan fingerprint density at radius 3 is 3.00 bits per heavy atom. The van der Waals surface area contributed by atoms with Crippen molar-refractivity contribution in [2.24, 2.45) is 0 Å². The Balaban J connectivity index is 2.54. The molecule has 0 aliphatic carbocycles. The molecule has 1 aliphatic heterocycles. The summed E-state index contributed by atoms with van der Waals surface area (Å²) >= 11 is 0. The highest BCUT2D eigenvalue weighted by molar-refractivity contribution is 5.82. The molecule has 1 amide bonds. The Bertz CT molecular complexity index is 172. The summed E-state index contributed by atoms with van der Waals surface area (Å²) < 4.78 is 0. The van der Waals surface area contributed by atoms with Crippen molar-refractivity contribution < 1.29 is 9.90 Å². The molecular formula is C8H16N2O2. The molecule has 4 nitrogen and oxygen atoms in total. The number of nitrogens with zero attached hydrogens (tertiary/aromatic N) is 1. The Hall–Kier alpha value is -0.610. The van der Waals surface area contributed by atoms with E-state index < -0.39 is 0 Å². The van der Waals surface area contributed by atoms with E-state index in [9.17, 15) is 4.79 Å². The molecule has 0 saturated carbocycles. The van der Waals surface area contributed by atoms with Gasteiger partial charge >= 0.3 is 0 Å². The van der Waals surface area contributed by atoms with Gasteiger partial charge in [0.1, 0.15) is 0 Å². The quantitative estimate of drug-likeness (QED) is 0.572. The molecule has 2 N–H and O–H groups in total. The number of rotatable bonds is 2. The minimum absolute atomic E-state index is 0.0595. The van der Waals surface area contributed by atoms with Crippen molar-refractivity contribution in [1.29, 1.82) is 0 Å². The fraction of sp³-hybridized carbons (Fsp3) is 0.875. The second-order valence-corrected chi connectivity index (χ2v) is 3.35. The van der Waals surface area contributed by atoms with E-state index >= 15 is 0 Å². The van der Waals surface area contributed by atoms with Gasteiger partial charge < -0.3 is 15.3 Å². The van der Waals surface area contributed by atoms with E-state index in [4.69, 9.17) is 5.11 Å². The minimum atomic E-state index is -0.191. The monoisotopic (exact) mass is 172 g/mol. The number of nitrogens with one attached hydrogen (secondary N) is 1. The van der Waals surface area contributed by atoms with E-state index in [1.165, 1.54) is 0 Å². The van der Waals surface area contributed by atoms with Crippen LogP contribution < -0.4 is 5.32 Å². The summed E-state index contributed by atoms with van der Waals surface area (Å²) in [6, 6.07) is 0.132. The first kappa shape index (κ1) is 9.48. The Morgan fingerprint density at radius 1 is 1.75 bits per heavy atom. The number of aliphatic hydroxyl groups is 1. The van der Waals surface area contributed by atoms with E-state index in [-0.39, 0.29) is 18.6 Å². The average molecular weight is 172 g/mol. The molecule has 1 saturated heterocycles. The Labute approximate surface area is 72.6 Å². The molecule has 1 fully saturated rings. The minimum Gasteiger partial charge on any atom is -0.396 e. The summed E-state index contributed by atoms with van der Waals surface area (Å²) in [4.78, 5) is 13.1. The number of hydrogen-bond acceptors (Lipinski definition) is 3. The normalized spacial score (nSPS) is 30.9. The maximum Gasteiger partial charge on any atom is 0.239 e. The van der Waals surface area contributed by atoms with Gasteiger partial charge in [0.05, 0.1) is 6.04 Å². The van der Waals surface area contributed by atoms with Gasteiger partial charge in [0, 0.05) is 26.2 Å². The zero-order valence-corrected chi connectivity index (χ0v) is 7.58. The molecule has 1 heterocycles. The Morgan fingerprint density at radius 2 is 2.42 bits per heavy atom. The molecule has 70 valence electrons. The van der Waals surface area contributed by atoms with Gasteiger partial charge in [0.15, 0.2) is 0 Å². The molecule has 0 radical (unpaired) electrons. The van der Waals surface area contributed by atoms with Crippen LogP contribution in [0.2, 0.25) is 0 Å². The van der Waals surface area contributed by atoms with Gasteiger partial charge in [0.25, 0.3) is 0 Å². The SMILES string of the molecule is CC1CN(C)C(=O)C(CCO)N1. The van der Waals surface area contributed by atoms with Crippen LogP contribution in [0.25, 0.3) is 0 Å². The predicted molar refractivity (Wildman–Crippen MR) is 45.7 cm³/mol. The van der Waals surface area contributed by atoms with Crippen molar-refractivity contribution >= 4 is 5.91 Å². The lowest BCUT2D eigenvalue weighted by Gasteiger charge is -2.34. The van der Waals surface area contributed by atoms with Gasteiger partial charge in [0.2, 0.25) is 5.91 Å². The van der Waals surface area contributed by atoms with Crippen LogP contribution in [-0.4, -0.2) is 48.2 Å². The molecule has 2 unspecified atom stereocenters. The highest BCUT2D eigenvalue weighted by atomic mass is 16.3. The van der Waals surface area contributed by atoms with Crippen LogP contribution in [-0.2, 0) is 4.79 Å².